The van der Waals surface area contributed by atoms with Crippen molar-refractivity contribution in [3.63, 3.8) is 0 Å². The predicted molar refractivity (Wildman–Crippen MR) is 57.4 cm³/mol. The molecular weight excluding hydrogens is 200 g/mol. The minimum absolute atomic E-state index is 0.147. The molecule has 0 aromatic rings. The molecule has 1 fully saturated rings. The number of nitrogens with zero attached hydrogens (tertiary/aromatic N) is 1. The molecule has 1 rings (SSSR count). The van der Waals surface area contributed by atoms with Gasteiger partial charge in [-0.15, -0.1) is 0 Å². The molecule has 0 amide bonds. The first-order valence-electron chi connectivity index (χ1n) is 5.10. The third-order valence-electron chi connectivity index (χ3n) is 2.89. The van der Waals surface area contributed by atoms with Crippen molar-refractivity contribution in [2.45, 2.75) is 38.5 Å². The molecule has 1 aliphatic heterocycles. The normalized spacial score (nSPS) is 30.9. The summed E-state index contributed by atoms with van der Waals surface area (Å²) in [4.78, 5) is 0. The molecule has 0 spiro atoms. The summed E-state index contributed by atoms with van der Waals surface area (Å²) in [6.07, 6.45) is 0.771. The number of hydrogen-bond acceptors (Lipinski definition) is 3. The van der Waals surface area contributed by atoms with Gasteiger partial charge in [-0.3, -0.25) is 0 Å². The maximum Gasteiger partial charge on any atom is 0.216 e. The van der Waals surface area contributed by atoms with E-state index in [-0.39, 0.29) is 17.2 Å². The summed E-state index contributed by atoms with van der Waals surface area (Å²) in [7, 11) is -3.08. The summed E-state index contributed by atoms with van der Waals surface area (Å²) in [5, 5.41) is -0.330. The largest absolute Gasteiger partial charge is 0.327 e. The molecule has 0 aliphatic carbocycles. The molecule has 0 bridgehead atoms. The van der Waals surface area contributed by atoms with Gasteiger partial charge < -0.3 is 5.73 Å². The number of rotatable bonds is 2. The van der Waals surface area contributed by atoms with Crippen molar-refractivity contribution < 1.29 is 8.42 Å². The van der Waals surface area contributed by atoms with Gasteiger partial charge in [-0.25, -0.2) is 12.7 Å². The lowest BCUT2D eigenvalue weighted by Crippen LogP contribution is -2.49. The Morgan fingerprint density at radius 3 is 2.43 bits per heavy atom. The average molecular weight is 220 g/mol. The Hall–Kier alpha value is -0.130. The van der Waals surface area contributed by atoms with Gasteiger partial charge in [0.25, 0.3) is 0 Å². The van der Waals surface area contributed by atoms with Gasteiger partial charge in [0, 0.05) is 19.1 Å². The predicted octanol–water partition coefficient (Wildman–Crippen LogP) is 0.394. The fourth-order valence-electron chi connectivity index (χ4n) is 1.65. The SMILES string of the molecule is CC(C)S(=O)(=O)N1CC[C@@H](N)[C@H](C)C1. The molecule has 1 saturated heterocycles. The zero-order valence-electron chi connectivity index (χ0n) is 9.10. The van der Waals surface area contributed by atoms with E-state index in [1.807, 2.05) is 6.92 Å². The Bertz CT molecular complexity index is 287. The van der Waals surface area contributed by atoms with Crippen LogP contribution in [0.15, 0.2) is 0 Å². The van der Waals surface area contributed by atoms with E-state index in [1.54, 1.807) is 18.2 Å². The summed E-state index contributed by atoms with van der Waals surface area (Å²) in [6.45, 7) is 6.59. The molecule has 84 valence electrons. The van der Waals surface area contributed by atoms with Crippen molar-refractivity contribution in [3.05, 3.63) is 0 Å². The van der Waals surface area contributed by atoms with Crippen LogP contribution in [0.3, 0.4) is 0 Å². The molecule has 4 nitrogen and oxygen atoms in total. The van der Waals surface area contributed by atoms with Gasteiger partial charge in [0.05, 0.1) is 5.25 Å². The van der Waals surface area contributed by atoms with E-state index in [4.69, 9.17) is 5.73 Å². The Morgan fingerprint density at radius 2 is 2.00 bits per heavy atom. The van der Waals surface area contributed by atoms with Crippen LogP contribution in [-0.4, -0.2) is 37.1 Å². The first-order chi connectivity index (χ1) is 6.35. The fourth-order valence-corrected chi connectivity index (χ4v) is 3.05. The van der Waals surface area contributed by atoms with Crippen LogP contribution in [0.25, 0.3) is 0 Å². The van der Waals surface area contributed by atoms with Crippen LogP contribution in [-0.2, 0) is 10.0 Å². The second-order valence-electron chi connectivity index (χ2n) is 4.38. The van der Waals surface area contributed by atoms with Crippen LogP contribution in [0.5, 0.6) is 0 Å². The zero-order valence-corrected chi connectivity index (χ0v) is 9.92. The maximum absolute atomic E-state index is 11.8. The molecule has 0 unspecified atom stereocenters. The molecule has 2 N–H and O–H groups in total. The van der Waals surface area contributed by atoms with Crippen LogP contribution >= 0.6 is 0 Å². The van der Waals surface area contributed by atoms with E-state index >= 15 is 0 Å². The van der Waals surface area contributed by atoms with Crippen molar-refractivity contribution in [3.8, 4) is 0 Å². The molecule has 14 heavy (non-hydrogen) atoms. The highest BCUT2D eigenvalue weighted by atomic mass is 32.2. The summed E-state index contributed by atoms with van der Waals surface area (Å²) < 4.78 is 25.2. The van der Waals surface area contributed by atoms with Gasteiger partial charge in [-0.1, -0.05) is 6.92 Å². The van der Waals surface area contributed by atoms with Crippen molar-refractivity contribution in [1.82, 2.24) is 4.31 Å². The second-order valence-corrected chi connectivity index (χ2v) is 6.87. The minimum Gasteiger partial charge on any atom is -0.327 e. The number of nitrogens with two attached hydrogens (primary N) is 1. The summed E-state index contributed by atoms with van der Waals surface area (Å²) in [6, 6.07) is 0.147. The smallest absolute Gasteiger partial charge is 0.216 e. The van der Waals surface area contributed by atoms with E-state index < -0.39 is 10.0 Å². The van der Waals surface area contributed by atoms with Crippen LogP contribution in [0.1, 0.15) is 27.2 Å². The monoisotopic (exact) mass is 220 g/mol. The van der Waals surface area contributed by atoms with E-state index in [0.29, 0.717) is 13.1 Å². The number of piperidine rings is 1. The standard InChI is InChI=1S/C9H20N2O2S/c1-7(2)14(12,13)11-5-4-9(10)8(3)6-11/h7-9H,4-6,10H2,1-3H3/t8-,9-/m1/s1. The highest BCUT2D eigenvalue weighted by Gasteiger charge is 2.32. The van der Waals surface area contributed by atoms with Gasteiger partial charge >= 0.3 is 0 Å². The van der Waals surface area contributed by atoms with Crippen molar-refractivity contribution in [2.24, 2.45) is 11.7 Å². The first kappa shape index (κ1) is 11.9. The van der Waals surface area contributed by atoms with Gasteiger partial charge in [0.15, 0.2) is 0 Å². The van der Waals surface area contributed by atoms with Crippen LogP contribution in [0.2, 0.25) is 0 Å². The van der Waals surface area contributed by atoms with Gasteiger partial charge in [-0.2, -0.15) is 0 Å². The van der Waals surface area contributed by atoms with Gasteiger partial charge in [0.1, 0.15) is 0 Å². The summed E-state index contributed by atoms with van der Waals surface area (Å²) >= 11 is 0. The lowest BCUT2D eigenvalue weighted by atomic mass is 9.96. The number of sulfonamides is 1. The third-order valence-corrected chi connectivity index (χ3v) is 5.13. The fraction of sp³-hybridized carbons (Fsp3) is 1.00. The molecular formula is C9H20N2O2S. The first-order valence-corrected chi connectivity index (χ1v) is 6.60. The molecule has 0 aromatic heterocycles. The molecule has 0 aromatic carbocycles. The molecule has 0 saturated carbocycles. The third kappa shape index (κ3) is 2.27. The van der Waals surface area contributed by atoms with E-state index in [0.717, 1.165) is 6.42 Å². The lowest BCUT2D eigenvalue weighted by Gasteiger charge is -2.35. The zero-order chi connectivity index (χ0) is 10.9. The van der Waals surface area contributed by atoms with E-state index in [9.17, 15) is 8.42 Å². The molecule has 2 atom stereocenters. The topological polar surface area (TPSA) is 63.4 Å². The Kier molecular flexibility index (Phi) is 3.55. The van der Waals surface area contributed by atoms with Crippen molar-refractivity contribution >= 4 is 10.0 Å². The molecule has 5 heteroatoms. The van der Waals surface area contributed by atoms with Crippen LogP contribution < -0.4 is 5.73 Å². The molecule has 1 heterocycles. The highest BCUT2D eigenvalue weighted by molar-refractivity contribution is 7.89. The maximum atomic E-state index is 11.8. The van der Waals surface area contributed by atoms with Gasteiger partial charge in [0.2, 0.25) is 10.0 Å². The van der Waals surface area contributed by atoms with Crippen LogP contribution in [0, 0.1) is 5.92 Å². The minimum atomic E-state index is -3.08. The van der Waals surface area contributed by atoms with Crippen LogP contribution in [0.4, 0.5) is 0 Å². The van der Waals surface area contributed by atoms with Gasteiger partial charge in [-0.05, 0) is 26.2 Å². The molecule has 0 radical (unpaired) electrons. The van der Waals surface area contributed by atoms with Crippen molar-refractivity contribution in [1.29, 1.82) is 0 Å². The van der Waals surface area contributed by atoms with Crippen molar-refractivity contribution in [2.75, 3.05) is 13.1 Å². The summed E-state index contributed by atoms with van der Waals surface area (Å²) in [5.74, 6) is 0.261. The Labute approximate surface area is 86.5 Å². The molecule has 1 aliphatic rings. The summed E-state index contributed by atoms with van der Waals surface area (Å²) in [5.41, 5.74) is 5.84. The second kappa shape index (κ2) is 4.16. The number of hydrogen-bond donors (Lipinski definition) is 1. The average Bonchev–Trinajstić information content (AvgIpc) is 2.09. The quantitative estimate of drug-likeness (QED) is 0.732. The van der Waals surface area contributed by atoms with E-state index in [2.05, 4.69) is 0 Å². The Balaban J connectivity index is 2.73. The highest BCUT2D eigenvalue weighted by Crippen LogP contribution is 2.19. The Morgan fingerprint density at radius 1 is 1.43 bits per heavy atom. The van der Waals surface area contributed by atoms with E-state index in [1.165, 1.54) is 0 Å². The lowest BCUT2D eigenvalue weighted by molar-refractivity contribution is 0.249.